The van der Waals surface area contributed by atoms with Crippen molar-refractivity contribution in [3.63, 3.8) is 0 Å². The van der Waals surface area contributed by atoms with Crippen molar-refractivity contribution in [2.24, 2.45) is 0 Å². The van der Waals surface area contributed by atoms with Crippen LogP contribution in [0.5, 0.6) is 5.75 Å². The number of rotatable bonds is 9. The molecule has 0 unspecified atom stereocenters. The second-order valence-corrected chi connectivity index (χ2v) is 4.57. The van der Waals surface area contributed by atoms with E-state index < -0.39 is 5.97 Å². The predicted molar refractivity (Wildman–Crippen MR) is 77.8 cm³/mol. The first-order valence-electron chi connectivity index (χ1n) is 6.42. The maximum atomic E-state index is 10.4. The molecule has 104 valence electrons. The van der Waals surface area contributed by atoms with Gasteiger partial charge in [0.2, 0.25) is 0 Å². The summed E-state index contributed by atoms with van der Waals surface area (Å²) >= 11 is 5.60. The van der Waals surface area contributed by atoms with Crippen LogP contribution in [0.4, 0.5) is 0 Å². The maximum Gasteiger partial charge on any atom is 0.328 e. The molecule has 0 aromatic heterocycles. The summed E-state index contributed by atoms with van der Waals surface area (Å²) in [5, 5.41) is 8.51. The molecule has 4 heteroatoms. The van der Waals surface area contributed by atoms with Gasteiger partial charge in [0, 0.05) is 12.0 Å². The van der Waals surface area contributed by atoms with Crippen molar-refractivity contribution in [1.82, 2.24) is 0 Å². The molecule has 0 saturated carbocycles. The standard InChI is InChI=1S/C15H19ClO3/c16-11-3-1-2-4-12-19-14-8-5-13(6-9-14)7-10-15(17)18/h5-10H,1-4,11-12H2,(H,17,18)/b10-7+. The number of carboxylic acid groups (broad SMARTS) is 1. The summed E-state index contributed by atoms with van der Waals surface area (Å²) < 4.78 is 5.59. The van der Waals surface area contributed by atoms with Gasteiger partial charge < -0.3 is 9.84 Å². The van der Waals surface area contributed by atoms with Gasteiger partial charge >= 0.3 is 5.97 Å². The number of halogens is 1. The van der Waals surface area contributed by atoms with Gasteiger partial charge in [-0.15, -0.1) is 11.6 Å². The maximum absolute atomic E-state index is 10.4. The van der Waals surface area contributed by atoms with Gasteiger partial charge in [-0.1, -0.05) is 25.0 Å². The molecular formula is C15H19ClO3. The topological polar surface area (TPSA) is 46.5 Å². The van der Waals surface area contributed by atoms with Gasteiger partial charge in [0.1, 0.15) is 5.75 Å². The Balaban J connectivity index is 2.26. The van der Waals surface area contributed by atoms with Crippen molar-refractivity contribution < 1.29 is 14.6 Å². The number of hydrogen-bond acceptors (Lipinski definition) is 2. The molecule has 0 amide bonds. The minimum absolute atomic E-state index is 0.701. The molecule has 19 heavy (non-hydrogen) atoms. The number of hydrogen-bond donors (Lipinski definition) is 1. The van der Waals surface area contributed by atoms with Gasteiger partial charge in [-0.2, -0.15) is 0 Å². The molecule has 0 fully saturated rings. The van der Waals surface area contributed by atoms with Gasteiger partial charge in [0.15, 0.2) is 0 Å². The van der Waals surface area contributed by atoms with Crippen LogP contribution in [0.15, 0.2) is 30.3 Å². The van der Waals surface area contributed by atoms with Gasteiger partial charge in [0.05, 0.1) is 6.61 Å². The van der Waals surface area contributed by atoms with Crippen LogP contribution in [-0.4, -0.2) is 23.6 Å². The van der Waals surface area contributed by atoms with Crippen LogP contribution in [0.2, 0.25) is 0 Å². The summed E-state index contributed by atoms with van der Waals surface area (Å²) in [4.78, 5) is 10.4. The monoisotopic (exact) mass is 282 g/mol. The highest BCUT2D eigenvalue weighted by Crippen LogP contribution is 2.14. The first kappa shape index (κ1) is 15.6. The third kappa shape index (κ3) is 7.52. The van der Waals surface area contributed by atoms with Crippen LogP contribution in [0.3, 0.4) is 0 Å². The summed E-state index contributed by atoms with van der Waals surface area (Å²) in [6.07, 6.45) is 7.03. The second kappa shape index (κ2) is 9.45. The Labute approximate surface area is 118 Å². The smallest absolute Gasteiger partial charge is 0.328 e. The number of aliphatic carboxylic acids is 1. The third-order valence-corrected chi connectivity index (χ3v) is 2.86. The molecule has 0 aliphatic rings. The average Bonchev–Trinajstić information content (AvgIpc) is 2.41. The summed E-state index contributed by atoms with van der Waals surface area (Å²) in [5.74, 6) is 0.591. The van der Waals surface area contributed by atoms with Crippen molar-refractivity contribution in [2.75, 3.05) is 12.5 Å². The predicted octanol–water partition coefficient (Wildman–Crippen LogP) is 3.96. The van der Waals surface area contributed by atoms with Crippen molar-refractivity contribution >= 4 is 23.6 Å². The Morgan fingerprint density at radius 3 is 2.47 bits per heavy atom. The minimum atomic E-state index is -0.947. The minimum Gasteiger partial charge on any atom is -0.494 e. The van der Waals surface area contributed by atoms with Crippen LogP contribution < -0.4 is 4.74 Å². The van der Waals surface area contributed by atoms with E-state index in [0.29, 0.717) is 6.61 Å². The summed E-state index contributed by atoms with van der Waals surface area (Å²) in [6, 6.07) is 7.37. The van der Waals surface area contributed by atoms with Crippen molar-refractivity contribution in [1.29, 1.82) is 0 Å². The molecule has 1 aromatic rings. The van der Waals surface area contributed by atoms with Crippen molar-refractivity contribution in [3.8, 4) is 5.75 Å². The van der Waals surface area contributed by atoms with Gasteiger partial charge in [-0.05, 0) is 36.6 Å². The van der Waals surface area contributed by atoms with E-state index in [0.717, 1.165) is 49.0 Å². The average molecular weight is 283 g/mol. The number of benzene rings is 1. The van der Waals surface area contributed by atoms with Crippen molar-refractivity contribution in [3.05, 3.63) is 35.9 Å². The van der Waals surface area contributed by atoms with Crippen LogP contribution in [-0.2, 0) is 4.79 Å². The lowest BCUT2D eigenvalue weighted by atomic mass is 10.2. The van der Waals surface area contributed by atoms with E-state index in [1.165, 1.54) is 0 Å². The number of unbranched alkanes of at least 4 members (excludes halogenated alkanes) is 3. The molecule has 0 aliphatic carbocycles. The fourth-order valence-corrected chi connectivity index (χ4v) is 1.77. The lowest BCUT2D eigenvalue weighted by Crippen LogP contribution is -1.97. The normalized spacial score (nSPS) is 10.8. The van der Waals surface area contributed by atoms with E-state index in [4.69, 9.17) is 21.4 Å². The van der Waals surface area contributed by atoms with Gasteiger partial charge in [-0.25, -0.2) is 4.79 Å². The number of carboxylic acids is 1. The molecule has 0 saturated heterocycles. The Morgan fingerprint density at radius 2 is 1.84 bits per heavy atom. The van der Waals surface area contributed by atoms with Crippen LogP contribution in [0, 0.1) is 0 Å². The molecule has 1 aromatic carbocycles. The highest BCUT2D eigenvalue weighted by Gasteiger charge is 1.95. The molecule has 0 spiro atoms. The Hall–Kier alpha value is -1.48. The summed E-state index contributed by atoms with van der Waals surface area (Å²) in [7, 11) is 0. The summed E-state index contributed by atoms with van der Waals surface area (Å²) in [5.41, 5.74) is 0.844. The zero-order valence-corrected chi connectivity index (χ0v) is 11.6. The van der Waals surface area contributed by atoms with E-state index in [1.54, 1.807) is 6.08 Å². The van der Waals surface area contributed by atoms with E-state index in [1.807, 2.05) is 24.3 Å². The van der Waals surface area contributed by atoms with E-state index in [-0.39, 0.29) is 0 Å². The van der Waals surface area contributed by atoms with E-state index in [9.17, 15) is 4.79 Å². The molecular weight excluding hydrogens is 264 g/mol. The zero-order valence-electron chi connectivity index (χ0n) is 10.8. The number of carbonyl (C=O) groups is 1. The highest BCUT2D eigenvalue weighted by molar-refractivity contribution is 6.17. The molecule has 3 nitrogen and oxygen atoms in total. The van der Waals surface area contributed by atoms with Gasteiger partial charge in [-0.3, -0.25) is 0 Å². The highest BCUT2D eigenvalue weighted by atomic mass is 35.5. The lowest BCUT2D eigenvalue weighted by molar-refractivity contribution is -0.131. The molecule has 0 heterocycles. The van der Waals surface area contributed by atoms with Crippen LogP contribution in [0.1, 0.15) is 31.2 Å². The Bertz CT molecular complexity index is 398. The number of ether oxygens (including phenoxy) is 1. The van der Waals surface area contributed by atoms with Crippen molar-refractivity contribution in [2.45, 2.75) is 25.7 Å². The second-order valence-electron chi connectivity index (χ2n) is 4.19. The molecule has 0 atom stereocenters. The quantitative estimate of drug-likeness (QED) is 0.424. The molecule has 0 bridgehead atoms. The first-order valence-corrected chi connectivity index (χ1v) is 6.95. The van der Waals surface area contributed by atoms with E-state index in [2.05, 4.69) is 0 Å². The summed E-state index contributed by atoms with van der Waals surface area (Å²) in [6.45, 7) is 0.701. The largest absolute Gasteiger partial charge is 0.494 e. The molecule has 1 N–H and O–H groups in total. The SMILES string of the molecule is O=C(O)/C=C/c1ccc(OCCCCCCCl)cc1. The fourth-order valence-electron chi connectivity index (χ4n) is 1.58. The first-order chi connectivity index (χ1) is 9.22. The number of alkyl halides is 1. The van der Waals surface area contributed by atoms with E-state index >= 15 is 0 Å². The molecule has 0 radical (unpaired) electrons. The molecule has 1 rings (SSSR count). The molecule has 0 aliphatic heterocycles. The van der Waals surface area contributed by atoms with Crippen LogP contribution in [0.25, 0.3) is 6.08 Å². The van der Waals surface area contributed by atoms with Crippen LogP contribution >= 0.6 is 11.6 Å². The fraction of sp³-hybridized carbons (Fsp3) is 0.400. The Kier molecular flexibility index (Phi) is 7.75. The lowest BCUT2D eigenvalue weighted by Gasteiger charge is -2.06. The van der Waals surface area contributed by atoms with Gasteiger partial charge in [0.25, 0.3) is 0 Å². The third-order valence-electron chi connectivity index (χ3n) is 2.60. The zero-order chi connectivity index (χ0) is 13.9. The Morgan fingerprint density at radius 1 is 1.16 bits per heavy atom.